The van der Waals surface area contributed by atoms with Gasteiger partial charge >= 0.3 is 0 Å². The van der Waals surface area contributed by atoms with Gasteiger partial charge in [0.15, 0.2) is 0 Å². The molecular weight excluding hydrogens is 661 g/mol. The van der Waals surface area contributed by atoms with E-state index in [1.165, 1.54) is 66.6 Å². The van der Waals surface area contributed by atoms with Gasteiger partial charge in [0.1, 0.15) is 0 Å². The Balaban J connectivity index is 1.08. The second kappa shape index (κ2) is 13.1. The maximum absolute atomic E-state index is 2.45. The third kappa shape index (κ3) is 5.99. The highest BCUT2D eigenvalue weighted by Gasteiger charge is 2.37. The molecule has 7 aromatic carbocycles. The first-order valence-corrected chi connectivity index (χ1v) is 19.5. The zero-order valence-corrected chi connectivity index (χ0v) is 31.7. The standard InChI is InChI=1S/C50H44N2S/c1-49(2)32-33-50(3,4)44-34-41(30-31-43(44)49)51(37-14-7-5-8-15-37)39-26-22-35(23-27-39)36-24-28-40(29-25-36)52(38-16-9-6-10-17-38)45-19-13-21-47-48(45)42-18-11-12-20-46(42)53-47/h5-31,34H,32-33H2,1-4H3. The summed E-state index contributed by atoms with van der Waals surface area (Å²) in [6.45, 7) is 9.60. The molecule has 8 aromatic rings. The smallest absolute Gasteiger partial charge is 0.0554 e. The Morgan fingerprint density at radius 1 is 0.415 bits per heavy atom. The minimum atomic E-state index is 0.138. The molecule has 0 aliphatic heterocycles. The monoisotopic (exact) mass is 704 g/mol. The van der Waals surface area contributed by atoms with Gasteiger partial charge in [-0.15, -0.1) is 11.3 Å². The van der Waals surface area contributed by atoms with E-state index in [1.807, 2.05) is 11.3 Å². The summed E-state index contributed by atoms with van der Waals surface area (Å²) in [7, 11) is 0. The zero-order chi connectivity index (χ0) is 36.2. The Morgan fingerprint density at radius 2 is 0.906 bits per heavy atom. The molecule has 0 spiro atoms. The molecule has 0 N–H and O–H groups in total. The Hall–Kier alpha value is -5.64. The number of hydrogen-bond donors (Lipinski definition) is 0. The summed E-state index contributed by atoms with van der Waals surface area (Å²) in [5.74, 6) is 0. The maximum Gasteiger partial charge on any atom is 0.0554 e. The molecule has 2 nitrogen and oxygen atoms in total. The molecule has 0 bridgehead atoms. The topological polar surface area (TPSA) is 6.48 Å². The van der Waals surface area contributed by atoms with Crippen LogP contribution in [0.1, 0.15) is 51.7 Å². The van der Waals surface area contributed by atoms with Crippen molar-refractivity contribution in [3.63, 3.8) is 0 Å². The van der Waals surface area contributed by atoms with E-state index in [-0.39, 0.29) is 10.8 Å². The van der Waals surface area contributed by atoms with E-state index in [2.05, 4.69) is 207 Å². The molecule has 1 heterocycles. The number of para-hydroxylation sites is 2. The number of nitrogens with zero attached hydrogens (tertiary/aromatic N) is 2. The van der Waals surface area contributed by atoms with Gasteiger partial charge in [0.05, 0.1) is 5.69 Å². The summed E-state index contributed by atoms with van der Waals surface area (Å²) in [4.78, 5) is 4.80. The third-order valence-corrected chi connectivity index (χ3v) is 12.5. The van der Waals surface area contributed by atoms with Crippen molar-refractivity contribution in [2.45, 2.75) is 51.4 Å². The van der Waals surface area contributed by atoms with E-state index in [1.54, 1.807) is 0 Å². The average molecular weight is 705 g/mol. The number of anilines is 6. The lowest BCUT2D eigenvalue weighted by atomic mass is 9.63. The van der Waals surface area contributed by atoms with Crippen molar-refractivity contribution in [3.05, 3.63) is 181 Å². The Labute approximate surface area is 317 Å². The molecule has 0 unspecified atom stereocenters. The van der Waals surface area contributed by atoms with Gasteiger partial charge in [-0.2, -0.15) is 0 Å². The fourth-order valence-corrected chi connectivity index (χ4v) is 9.42. The van der Waals surface area contributed by atoms with E-state index in [9.17, 15) is 0 Å². The van der Waals surface area contributed by atoms with Crippen LogP contribution < -0.4 is 9.80 Å². The third-order valence-electron chi connectivity index (χ3n) is 11.3. The molecule has 1 aliphatic rings. The number of rotatable bonds is 7. The average Bonchev–Trinajstić information content (AvgIpc) is 3.58. The van der Waals surface area contributed by atoms with Gasteiger partial charge in [0, 0.05) is 48.6 Å². The van der Waals surface area contributed by atoms with Crippen LogP contribution in [0.5, 0.6) is 0 Å². The normalized spacial score (nSPS) is 14.6. The van der Waals surface area contributed by atoms with E-state index in [0.717, 1.165) is 22.7 Å². The lowest BCUT2D eigenvalue weighted by molar-refractivity contribution is 0.332. The van der Waals surface area contributed by atoms with Gasteiger partial charge < -0.3 is 9.80 Å². The lowest BCUT2D eigenvalue weighted by Crippen LogP contribution is -2.34. The molecule has 0 saturated carbocycles. The molecule has 1 aromatic heterocycles. The van der Waals surface area contributed by atoms with Crippen LogP contribution >= 0.6 is 11.3 Å². The van der Waals surface area contributed by atoms with Gasteiger partial charge in [-0.25, -0.2) is 0 Å². The Kier molecular flexibility index (Phi) is 8.20. The van der Waals surface area contributed by atoms with Crippen molar-refractivity contribution in [1.29, 1.82) is 0 Å². The fourth-order valence-electron chi connectivity index (χ4n) is 8.29. The molecule has 0 radical (unpaired) electrons. The van der Waals surface area contributed by atoms with Crippen molar-refractivity contribution in [2.75, 3.05) is 9.80 Å². The molecule has 0 atom stereocenters. The van der Waals surface area contributed by atoms with Crippen LogP contribution in [0.2, 0.25) is 0 Å². The molecule has 3 heteroatoms. The SMILES string of the molecule is CC1(C)CCC(C)(C)c2cc(N(c3ccccc3)c3ccc(-c4ccc(N(c5ccccc5)c5cccc6sc7ccccc7c56)cc4)cc3)ccc21. The number of thiophene rings is 1. The fraction of sp³-hybridized carbons (Fsp3) is 0.160. The van der Waals surface area contributed by atoms with Gasteiger partial charge in [-0.3, -0.25) is 0 Å². The predicted octanol–water partition coefficient (Wildman–Crippen LogP) is 15.0. The van der Waals surface area contributed by atoms with Crippen LogP contribution in [-0.4, -0.2) is 0 Å². The lowest BCUT2D eigenvalue weighted by Gasteiger charge is -2.42. The van der Waals surface area contributed by atoms with E-state index >= 15 is 0 Å². The molecule has 0 saturated heterocycles. The van der Waals surface area contributed by atoms with Crippen molar-refractivity contribution in [3.8, 4) is 11.1 Å². The van der Waals surface area contributed by atoms with Crippen LogP contribution in [0.25, 0.3) is 31.3 Å². The second-order valence-corrected chi connectivity index (χ2v) is 16.8. The number of hydrogen-bond acceptors (Lipinski definition) is 3. The van der Waals surface area contributed by atoms with Crippen LogP contribution in [-0.2, 0) is 10.8 Å². The highest BCUT2D eigenvalue weighted by Crippen LogP contribution is 2.49. The molecule has 53 heavy (non-hydrogen) atoms. The van der Waals surface area contributed by atoms with Crippen molar-refractivity contribution >= 4 is 65.6 Å². The van der Waals surface area contributed by atoms with Crippen LogP contribution in [0, 0.1) is 0 Å². The van der Waals surface area contributed by atoms with Crippen molar-refractivity contribution in [1.82, 2.24) is 0 Å². The van der Waals surface area contributed by atoms with E-state index < -0.39 is 0 Å². The number of benzene rings is 7. The molecule has 0 fully saturated rings. The minimum Gasteiger partial charge on any atom is -0.310 e. The first-order valence-electron chi connectivity index (χ1n) is 18.7. The molecular formula is C50H44N2S. The van der Waals surface area contributed by atoms with Crippen LogP contribution in [0.4, 0.5) is 34.1 Å². The van der Waals surface area contributed by atoms with Gasteiger partial charge in [0.2, 0.25) is 0 Å². The molecule has 0 amide bonds. The summed E-state index contributed by atoms with van der Waals surface area (Å²) >= 11 is 1.86. The Morgan fingerprint density at radius 3 is 1.55 bits per heavy atom. The van der Waals surface area contributed by atoms with Gasteiger partial charge in [0.25, 0.3) is 0 Å². The van der Waals surface area contributed by atoms with Crippen LogP contribution in [0.15, 0.2) is 170 Å². The molecule has 1 aliphatic carbocycles. The highest BCUT2D eigenvalue weighted by atomic mass is 32.1. The van der Waals surface area contributed by atoms with Crippen molar-refractivity contribution in [2.24, 2.45) is 0 Å². The van der Waals surface area contributed by atoms with Gasteiger partial charge in [-0.05, 0) is 125 Å². The maximum atomic E-state index is 2.45. The molecule has 260 valence electrons. The number of fused-ring (bicyclic) bond motifs is 4. The second-order valence-electron chi connectivity index (χ2n) is 15.7. The predicted molar refractivity (Wildman–Crippen MR) is 229 cm³/mol. The first-order chi connectivity index (χ1) is 25.8. The van der Waals surface area contributed by atoms with E-state index in [4.69, 9.17) is 0 Å². The van der Waals surface area contributed by atoms with Crippen molar-refractivity contribution < 1.29 is 0 Å². The minimum absolute atomic E-state index is 0.138. The quantitative estimate of drug-likeness (QED) is 0.163. The van der Waals surface area contributed by atoms with Gasteiger partial charge in [-0.1, -0.05) is 119 Å². The summed E-state index contributed by atoms with van der Waals surface area (Å²) < 4.78 is 2.61. The van der Waals surface area contributed by atoms with E-state index in [0.29, 0.717) is 0 Å². The molecule has 9 rings (SSSR count). The Bertz CT molecular complexity index is 2550. The highest BCUT2D eigenvalue weighted by molar-refractivity contribution is 7.26. The summed E-state index contributed by atoms with van der Waals surface area (Å²) in [5.41, 5.74) is 12.6. The summed E-state index contributed by atoms with van der Waals surface area (Å²) in [6.07, 6.45) is 2.41. The van der Waals surface area contributed by atoms with Crippen LogP contribution in [0.3, 0.4) is 0 Å². The summed E-state index contributed by atoms with van der Waals surface area (Å²) in [6, 6.07) is 62.2. The largest absolute Gasteiger partial charge is 0.310 e. The first kappa shape index (κ1) is 33.2. The zero-order valence-electron chi connectivity index (χ0n) is 30.9. The summed E-state index contributed by atoms with van der Waals surface area (Å²) in [5, 5.41) is 2.60.